The van der Waals surface area contributed by atoms with Crippen LogP contribution < -0.4 is 5.73 Å². The van der Waals surface area contributed by atoms with Crippen molar-refractivity contribution in [3.63, 3.8) is 0 Å². The molecule has 0 saturated carbocycles. The summed E-state index contributed by atoms with van der Waals surface area (Å²) in [5.41, 5.74) is 8.21. The van der Waals surface area contributed by atoms with Gasteiger partial charge in [0.1, 0.15) is 0 Å². The van der Waals surface area contributed by atoms with Crippen LogP contribution in [-0.2, 0) is 12.8 Å². The molecule has 0 aliphatic heterocycles. The second kappa shape index (κ2) is 5.54. The molecule has 1 atom stereocenters. The second-order valence-electron chi connectivity index (χ2n) is 4.17. The summed E-state index contributed by atoms with van der Waals surface area (Å²) in [6.45, 7) is 3.89. The van der Waals surface area contributed by atoms with E-state index in [1.165, 1.54) is 0 Å². The second-order valence-corrected chi connectivity index (χ2v) is 4.17. The van der Waals surface area contributed by atoms with E-state index in [0.717, 1.165) is 17.5 Å². The molecule has 0 amide bonds. The number of nitrogens with two attached hydrogens (primary N) is 1. The number of benzene rings is 1. The molecule has 96 valence electrons. The van der Waals surface area contributed by atoms with E-state index in [2.05, 4.69) is 0 Å². The molecule has 0 bridgehead atoms. The lowest BCUT2D eigenvalue weighted by atomic mass is 9.94. The zero-order valence-electron chi connectivity index (χ0n) is 10.1. The number of halogens is 3. The highest BCUT2D eigenvalue weighted by molar-refractivity contribution is 5.34. The van der Waals surface area contributed by atoms with Gasteiger partial charge in [0.05, 0.1) is 6.42 Å². The number of hydrogen-bond acceptors (Lipinski definition) is 1. The molecule has 1 rings (SSSR count). The maximum atomic E-state index is 12.3. The maximum absolute atomic E-state index is 12.3. The van der Waals surface area contributed by atoms with Crippen LogP contribution in [0.1, 0.15) is 43.0 Å². The molecule has 1 nitrogen and oxygen atoms in total. The van der Waals surface area contributed by atoms with Crippen molar-refractivity contribution in [1.29, 1.82) is 0 Å². The summed E-state index contributed by atoms with van der Waals surface area (Å²) in [5.74, 6) is 0. The number of alkyl halides is 3. The van der Waals surface area contributed by atoms with Gasteiger partial charge in [-0.3, -0.25) is 0 Å². The van der Waals surface area contributed by atoms with Crippen LogP contribution >= 0.6 is 0 Å². The molecule has 0 aromatic heterocycles. The number of hydrogen-bond donors (Lipinski definition) is 1. The molecule has 0 radical (unpaired) electrons. The Morgan fingerprint density at radius 2 is 1.82 bits per heavy atom. The summed E-state index contributed by atoms with van der Waals surface area (Å²) in [6.07, 6.45) is -3.68. The van der Waals surface area contributed by atoms with Crippen molar-refractivity contribution in [3.8, 4) is 0 Å². The lowest BCUT2D eigenvalue weighted by Crippen LogP contribution is -2.21. The summed E-state index contributed by atoms with van der Waals surface area (Å²) >= 11 is 0. The normalized spacial score (nSPS) is 13.8. The van der Waals surface area contributed by atoms with E-state index in [9.17, 15) is 13.2 Å². The standard InChI is InChI=1S/C13H18F3N/c1-3-9-5-6-10(4-2)11(7-9)12(17)8-13(14,15)16/h5-7,12H,3-4,8,17H2,1-2H3. The molecule has 1 unspecified atom stereocenters. The van der Waals surface area contributed by atoms with Gasteiger partial charge in [-0.05, 0) is 29.5 Å². The Hall–Kier alpha value is -1.03. The van der Waals surface area contributed by atoms with Crippen LogP contribution in [0.15, 0.2) is 18.2 Å². The molecule has 2 N–H and O–H groups in total. The first kappa shape index (κ1) is 14.0. The third-order valence-electron chi connectivity index (χ3n) is 2.85. The smallest absolute Gasteiger partial charge is 0.324 e. The molecule has 0 aliphatic carbocycles. The third kappa shape index (κ3) is 4.04. The van der Waals surface area contributed by atoms with Gasteiger partial charge in [0, 0.05) is 6.04 Å². The predicted octanol–water partition coefficient (Wildman–Crippen LogP) is 3.76. The highest BCUT2D eigenvalue weighted by atomic mass is 19.4. The van der Waals surface area contributed by atoms with Crippen LogP contribution in [0.2, 0.25) is 0 Å². The average molecular weight is 245 g/mol. The van der Waals surface area contributed by atoms with E-state index < -0.39 is 18.6 Å². The van der Waals surface area contributed by atoms with Crippen LogP contribution in [0.4, 0.5) is 13.2 Å². The van der Waals surface area contributed by atoms with Gasteiger partial charge >= 0.3 is 6.18 Å². The largest absolute Gasteiger partial charge is 0.390 e. The summed E-state index contributed by atoms with van der Waals surface area (Å²) in [4.78, 5) is 0. The summed E-state index contributed by atoms with van der Waals surface area (Å²) in [7, 11) is 0. The van der Waals surface area contributed by atoms with Crippen molar-refractivity contribution < 1.29 is 13.2 Å². The summed E-state index contributed by atoms with van der Waals surface area (Å²) < 4.78 is 37.0. The van der Waals surface area contributed by atoms with Gasteiger partial charge < -0.3 is 5.73 Å². The molecule has 0 spiro atoms. The van der Waals surface area contributed by atoms with Crippen LogP contribution in [0.5, 0.6) is 0 Å². The zero-order valence-corrected chi connectivity index (χ0v) is 10.1. The van der Waals surface area contributed by atoms with Gasteiger partial charge in [-0.2, -0.15) is 13.2 Å². The van der Waals surface area contributed by atoms with Crippen LogP contribution in [0.25, 0.3) is 0 Å². The fourth-order valence-corrected chi connectivity index (χ4v) is 1.89. The molecule has 0 saturated heterocycles. The fourth-order valence-electron chi connectivity index (χ4n) is 1.89. The first-order valence-corrected chi connectivity index (χ1v) is 5.81. The SMILES string of the molecule is CCc1ccc(CC)c(C(N)CC(F)(F)F)c1. The Morgan fingerprint density at radius 1 is 1.18 bits per heavy atom. The van der Waals surface area contributed by atoms with Crippen molar-refractivity contribution in [2.45, 2.75) is 45.3 Å². The molecular formula is C13H18F3N. The molecule has 0 fully saturated rings. The summed E-state index contributed by atoms with van der Waals surface area (Å²) in [6, 6.07) is 4.67. The molecule has 1 aromatic rings. The number of aryl methyl sites for hydroxylation is 2. The van der Waals surface area contributed by atoms with Crippen molar-refractivity contribution >= 4 is 0 Å². The highest BCUT2D eigenvalue weighted by Crippen LogP contribution is 2.30. The molecule has 17 heavy (non-hydrogen) atoms. The van der Waals surface area contributed by atoms with Gasteiger partial charge in [-0.1, -0.05) is 32.0 Å². The first-order chi connectivity index (χ1) is 7.87. The van der Waals surface area contributed by atoms with Gasteiger partial charge in [-0.15, -0.1) is 0 Å². The van der Waals surface area contributed by atoms with Gasteiger partial charge in [-0.25, -0.2) is 0 Å². The minimum atomic E-state index is -4.22. The first-order valence-electron chi connectivity index (χ1n) is 5.81. The quantitative estimate of drug-likeness (QED) is 0.858. The highest BCUT2D eigenvalue weighted by Gasteiger charge is 2.31. The minimum Gasteiger partial charge on any atom is -0.324 e. The Bertz CT molecular complexity index is 371. The van der Waals surface area contributed by atoms with Crippen molar-refractivity contribution in [3.05, 3.63) is 34.9 Å². The lowest BCUT2D eigenvalue weighted by molar-refractivity contribution is -0.138. The molecule has 0 heterocycles. The van der Waals surface area contributed by atoms with Gasteiger partial charge in [0.2, 0.25) is 0 Å². The van der Waals surface area contributed by atoms with Crippen LogP contribution in [0, 0.1) is 0 Å². The van der Waals surface area contributed by atoms with Crippen molar-refractivity contribution in [1.82, 2.24) is 0 Å². The minimum absolute atomic E-state index is 0.629. The predicted molar refractivity (Wildman–Crippen MR) is 62.8 cm³/mol. The molecule has 4 heteroatoms. The summed E-state index contributed by atoms with van der Waals surface area (Å²) in [5, 5.41) is 0. The Balaban J connectivity index is 3.01. The third-order valence-corrected chi connectivity index (χ3v) is 2.85. The van der Waals surface area contributed by atoms with Crippen LogP contribution in [0.3, 0.4) is 0 Å². The van der Waals surface area contributed by atoms with Crippen molar-refractivity contribution in [2.24, 2.45) is 5.73 Å². The maximum Gasteiger partial charge on any atom is 0.390 e. The van der Waals surface area contributed by atoms with E-state index >= 15 is 0 Å². The molecular weight excluding hydrogens is 227 g/mol. The van der Waals surface area contributed by atoms with Gasteiger partial charge in [0.25, 0.3) is 0 Å². The van der Waals surface area contributed by atoms with Crippen LogP contribution in [-0.4, -0.2) is 6.18 Å². The monoisotopic (exact) mass is 245 g/mol. The van der Waals surface area contributed by atoms with E-state index in [1.54, 1.807) is 6.07 Å². The Labute approximate surface area is 99.8 Å². The Morgan fingerprint density at radius 3 is 2.29 bits per heavy atom. The lowest BCUT2D eigenvalue weighted by Gasteiger charge is -2.18. The van der Waals surface area contributed by atoms with Gasteiger partial charge in [0.15, 0.2) is 0 Å². The van der Waals surface area contributed by atoms with E-state index in [-0.39, 0.29) is 0 Å². The zero-order chi connectivity index (χ0) is 13.1. The number of rotatable bonds is 4. The topological polar surface area (TPSA) is 26.0 Å². The van der Waals surface area contributed by atoms with Crippen molar-refractivity contribution in [2.75, 3.05) is 0 Å². The Kier molecular flexibility index (Phi) is 4.57. The molecule has 0 aliphatic rings. The van der Waals surface area contributed by atoms with E-state index in [0.29, 0.717) is 12.0 Å². The average Bonchev–Trinajstić information content (AvgIpc) is 2.25. The van der Waals surface area contributed by atoms with E-state index in [4.69, 9.17) is 5.73 Å². The fraction of sp³-hybridized carbons (Fsp3) is 0.538. The van der Waals surface area contributed by atoms with E-state index in [1.807, 2.05) is 26.0 Å². The molecule has 1 aromatic carbocycles.